The highest BCUT2D eigenvalue weighted by atomic mass is 16.5. The fraction of sp³-hybridized carbons (Fsp3) is 0.917. The first kappa shape index (κ1) is 16.4. The molecule has 0 bridgehead atoms. The summed E-state index contributed by atoms with van der Waals surface area (Å²) < 4.78 is 15.5. The lowest BCUT2D eigenvalue weighted by molar-refractivity contribution is -0.148. The standard InChI is InChI=1S/C12H25NO4/c1-9(2)16-6-7-17-10(3)8-12(4,13)11(14)15-5/h9-10H,6-8,13H2,1-5H3. The smallest absolute Gasteiger partial charge is 0.325 e. The van der Waals surface area contributed by atoms with Gasteiger partial charge in [0, 0.05) is 6.42 Å². The van der Waals surface area contributed by atoms with Crippen LogP contribution in [0.4, 0.5) is 0 Å². The minimum Gasteiger partial charge on any atom is -0.468 e. The van der Waals surface area contributed by atoms with Crippen molar-refractivity contribution >= 4 is 5.97 Å². The molecule has 5 nitrogen and oxygen atoms in total. The number of nitrogens with two attached hydrogens (primary N) is 1. The number of hydrogen-bond acceptors (Lipinski definition) is 5. The van der Waals surface area contributed by atoms with Gasteiger partial charge in [0.05, 0.1) is 32.5 Å². The molecular weight excluding hydrogens is 222 g/mol. The maximum absolute atomic E-state index is 11.4. The molecule has 0 aliphatic carbocycles. The number of ether oxygens (including phenoxy) is 3. The van der Waals surface area contributed by atoms with Crippen molar-refractivity contribution in [3.05, 3.63) is 0 Å². The molecule has 0 aliphatic rings. The zero-order valence-electron chi connectivity index (χ0n) is 11.5. The van der Waals surface area contributed by atoms with E-state index in [0.717, 1.165) is 0 Å². The first-order valence-corrected chi connectivity index (χ1v) is 5.90. The predicted octanol–water partition coefficient (Wildman–Crippen LogP) is 1.10. The van der Waals surface area contributed by atoms with Crippen LogP contribution in [0.5, 0.6) is 0 Å². The summed E-state index contributed by atoms with van der Waals surface area (Å²) in [5.41, 5.74) is 4.83. The Kier molecular flexibility index (Phi) is 7.34. The lowest BCUT2D eigenvalue weighted by Crippen LogP contribution is -2.48. The van der Waals surface area contributed by atoms with Crippen LogP contribution < -0.4 is 5.73 Å². The van der Waals surface area contributed by atoms with Gasteiger partial charge in [-0.3, -0.25) is 4.79 Å². The van der Waals surface area contributed by atoms with Crippen molar-refractivity contribution in [1.29, 1.82) is 0 Å². The van der Waals surface area contributed by atoms with Gasteiger partial charge in [0.1, 0.15) is 5.54 Å². The van der Waals surface area contributed by atoms with Gasteiger partial charge in [-0.2, -0.15) is 0 Å². The number of methoxy groups -OCH3 is 1. The van der Waals surface area contributed by atoms with Crippen LogP contribution in [0.1, 0.15) is 34.1 Å². The molecule has 2 atom stereocenters. The van der Waals surface area contributed by atoms with Crippen LogP contribution in [0.15, 0.2) is 0 Å². The molecule has 0 aromatic carbocycles. The molecule has 0 saturated heterocycles. The topological polar surface area (TPSA) is 70.8 Å². The highest BCUT2D eigenvalue weighted by Crippen LogP contribution is 2.13. The first-order valence-electron chi connectivity index (χ1n) is 5.90. The van der Waals surface area contributed by atoms with E-state index >= 15 is 0 Å². The quantitative estimate of drug-likeness (QED) is 0.513. The van der Waals surface area contributed by atoms with Crippen LogP contribution >= 0.6 is 0 Å². The van der Waals surface area contributed by atoms with E-state index in [1.807, 2.05) is 20.8 Å². The predicted molar refractivity (Wildman–Crippen MR) is 65.7 cm³/mol. The molecule has 0 amide bonds. The second-order valence-corrected chi connectivity index (χ2v) is 4.71. The third-order valence-electron chi connectivity index (χ3n) is 2.30. The molecule has 0 saturated carbocycles. The summed E-state index contributed by atoms with van der Waals surface area (Å²) in [6, 6.07) is 0. The summed E-state index contributed by atoms with van der Waals surface area (Å²) in [7, 11) is 1.33. The summed E-state index contributed by atoms with van der Waals surface area (Å²) in [6.45, 7) is 8.50. The minimum absolute atomic E-state index is 0.111. The number of carbonyl (C=O) groups excluding carboxylic acids is 1. The summed E-state index contributed by atoms with van der Waals surface area (Å²) in [5.74, 6) is -0.425. The Balaban J connectivity index is 3.85. The van der Waals surface area contributed by atoms with Gasteiger partial charge in [-0.1, -0.05) is 0 Å². The lowest BCUT2D eigenvalue weighted by Gasteiger charge is -2.25. The fourth-order valence-electron chi connectivity index (χ4n) is 1.51. The average Bonchev–Trinajstić information content (AvgIpc) is 2.22. The number of rotatable bonds is 8. The number of hydrogen-bond donors (Lipinski definition) is 1. The Hall–Kier alpha value is -0.650. The van der Waals surface area contributed by atoms with Crippen molar-refractivity contribution in [2.24, 2.45) is 5.73 Å². The van der Waals surface area contributed by atoms with Gasteiger partial charge in [-0.25, -0.2) is 0 Å². The third kappa shape index (κ3) is 7.31. The van der Waals surface area contributed by atoms with Crippen LogP contribution in [0.3, 0.4) is 0 Å². The van der Waals surface area contributed by atoms with Gasteiger partial charge in [0.25, 0.3) is 0 Å². The third-order valence-corrected chi connectivity index (χ3v) is 2.30. The molecule has 0 fully saturated rings. The van der Waals surface area contributed by atoms with Gasteiger partial charge in [0.15, 0.2) is 0 Å². The molecule has 0 spiro atoms. The molecule has 0 aromatic rings. The second kappa shape index (κ2) is 7.63. The molecule has 2 N–H and O–H groups in total. The summed E-state index contributed by atoms with van der Waals surface area (Å²) >= 11 is 0. The van der Waals surface area contributed by atoms with Gasteiger partial charge in [-0.15, -0.1) is 0 Å². The average molecular weight is 247 g/mol. The molecule has 0 aromatic heterocycles. The molecule has 5 heteroatoms. The van der Waals surface area contributed by atoms with E-state index in [2.05, 4.69) is 4.74 Å². The molecule has 0 aliphatic heterocycles. The Bertz CT molecular complexity index is 229. The molecule has 0 heterocycles. The van der Waals surface area contributed by atoms with Gasteiger partial charge in [0.2, 0.25) is 0 Å². The molecular formula is C12H25NO4. The van der Waals surface area contributed by atoms with E-state index in [-0.39, 0.29) is 12.2 Å². The van der Waals surface area contributed by atoms with Gasteiger partial charge < -0.3 is 19.9 Å². The highest BCUT2D eigenvalue weighted by molar-refractivity contribution is 5.79. The Morgan fingerprint density at radius 2 is 1.76 bits per heavy atom. The van der Waals surface area contributed by atoms with Crippen molar-refractivity contribution < 1.29 is 19.0 Å². The molecule has 0 rings (SSSR count). The van der Waals surface area contributed by atoms with E-state index in [0.29, 0.717) is 19.6 Å². The monoisotopic (exact) mass is 247 g/mol. The molecule has 2 unspecified atom stereocenters. The SMILES string of the molecule is COC(=O)C(C)(N)CC(C)OCCOC(C)C. The van der Waals surface area contributed by atoms with E-state index in [1.54, 1.807) is 6.92 Å². The molecule has 17 heavy (non-hydrogen) atoms. The first-order chi connectivity index (χ1) is 7.79. The van der Waals surface area contributed by atoms with Crippen LogP contribution in [0.2, 0.25) is 0 Å². The molecule has 0 radical (unpaired) electrons. The Morgan fingerprint density at radius 1 is 1.24 bits per heavy atom. The van der Waals surface area contributed by atoms with Crippen LogP contribution in [-0.2, 0) is 19.0 Å². The van der Waals surface area contributed by atoms with E-state index in [4.69, 9.17) is 15.2 Å². The van der Waals surface area contributed by atoms with Crippen molar-refractivity contribution in [2.45, 2.75) is 51.9 Å². The minimum atomic E-state index is -1.01. The number of esters is 1. The summed E-state index contributed by atoms with van der Waals surface area (Å²) in [6.07, 6.45) is 0.505. The zero-order chi connectivity index (χ0) is 13.5. The van der Waals surface area contributed by atoms with Gasteiger partial charge >= 0.3 is 5.97 Å². The van der Waals surface area contributed by atoms with E-state index < -0.39 is 11.5 Å². The highest BCUT2D eigenvalue weighted by Gasteiger charge is 2.31. The maximum Gasteiger partial charge on any atom is 0.325 e. The van der Waals surface area contributed by atoms with Gasteiger partial charge in [-0.05, 0) is 27.7 Å². The fourth-order valence-corrected chi connectivity index (χ4v) is 1.51. The zero-order valence-corrected chi connectivity index (χ0v) is 11.5. The van der Waals surface area contributed by atoms with Crippen LogP contribution in [-0.4, -0.2) is 44.0 Å². The van der Waals surface area contributed by atoms with Crippen molar-refractivity contribution in [3.8, 4) is 0 Å². The van der Waals surface area contributed by atoms with Crippen molar-refractivity contribution in [2.75, 3.05) is 20.3 Å². The van der Waals surface area contributed by atoms with E-state index in [9.17, 15) is 4.79 Å². The normalized spacial score (nSPS) is 16.6. The molecule has 102 valence electrons. The van der Waals surface area contributed by atoms with Crippen LogP contribution in [0, 0.1) is 0 Å². The lowest BCUT2D eigenvalue weighted by atomic mass is 9.96. The number of carbonyl (C=O) groups is 1. The second-order valence-electron chi connectivity index (χ2n) is 4.71. The maximum atomic E-state index is 11.4. The van der Waals surface area contributed by atoms with Crippen molar-refractivity contribution in [1.82, 2.24) is 0 Å². The van der Waals surface area contributed by atoms with E-state index in [1.165, 1.54) is 7.11 Å². The Labute approximate surface area is 104 Å². The Morgan fingerprint density at radius 3 is 2.24 bits per heavy atom. The largest absolute Gasteiger partial charge is 0.468 e. The van der Waals surface area contributed by atoms with Crippen LogP contribution in [0.25, 0.3) is 0 Å². The summed E-state index contributed by atoms with van der Waals surface area (Å²) in [4.78, 5) is 11.4. The summed E-state index contributed by atoms with van der Waals surface area (Å²) in [5, 5.41) is 0. The van der Waals surface area contributed by atoms with Crippen molar-refractivity contribution in [3.63, 3.8) is 0 Å².